The Bertz CT molecular complexity index is 2660. The highest BCUT2D eigenvalue weighted by Gasteiger charge is 2.41. The van der Waals surface area contributed by atoms with Crippen LogP contribution in [0.5, 0.6) is 5.75 Å². The maximum atomic E-state index is 15.2. The zero-order valence-corrected chi connectivity index (χ0v) is 33.3. The molecule has 13 nitrogen and oxygen atoms in total. The van der Waals surface area contributed by atoms with E-state index in [1.807, 2.05) is 28.5 Å². The van der Waals surface area contributed by atoms with Gasteiger partial charge in [0, 0.05) is 81.5 Å². The topological polar surface area (TPSA) is 135 Å². The number of allylic oxidation sites excluding steroid dienone is 1. The fourth-order valence-electron chi connectivity index (χ4n) is 8.88. The van der Waals surface area contributed by atoms with Gasteiger partial charge in [0.15, 0.2) is 22.8 Å². The molecule has 3 aromatic heterocycles. The highest BCUT2D eigenvalue weighted by Crippen LogP contribution is 2.47. The van der Waals surface area contributed by atoms with E-state index in [4.69, 9.17) is 14.2 Å². The Hall–Kier alpha value is -4.42. The van der Waals surface area contributed by atoms with Crippen LogP contribution in [0.4, 0.5) is 20.2 Å². The van der Waals surface area contributed by atoms with Crippen molar-refractivity contribution in [2.45, 2.75) is 68.3 Å². The number of H-pyrrole nitrogens is 1. The molecule has 3 saturated heterocycles. The molecule has 2 aromatic carbocycles. The van der Waals surface area contributed by atoms with E-state index in [1.165, 1.54) is 31.2 Å². The van der Waals surface area contributed by atoms with Gasteiger partial charge in [-0.25, -0.2) is 8.78 Å². The summed E-state index contributed by atoms with van der Waals surface area (Å²) in [6.45, 7) is 7.33. The predicted octanol–water partition coefficient (Wildman–Crippen LogP) is 5.59. The van der Waals surface area contributed by atoms with Gasteiger partial charge >= 0.3 is 0 Å². The van der Waals surface area contributed by atoms with Crippen LogP contribution in [0.2, 0.25) is 0 Å². The van der Waals surface area contributed by atoms with Crippen molar-refractivity contribution in [3.8, 4) is 5.75 Å². The Morgan fingerprint density at radius 1 is 0.877 bits per heavy atom. The first-order valence-corrected chi connectivity index (χ1v) is 21.3. The predicted molar refractivity (Wildman–Crippen MR) is 219 cm³/mol. The smallest absolute Gasteiger partial charge is 0.271 e. The van der Waals surface area contributed by atoms with E-state index in [-0.39, 0.29) is 28.1 Å². The summed E-state index contributed by atoms with van der Waals surface area (Å²) < 4.78 is 57.8. The minimum Gasteiger partial charge on any atom is -0.492 e. The first kappa shape index (κ1) is 36.9. The molecule has 0 atom stereocenters. The molecule has 300 valence electrons. The van der Waals surface area contributed by atoms with E-state index in [0.717, 1.165) is 66.5 Å². The number of methoxy groups -OCH3 is 1. The summed E-state index contributed by atoms with van der Waals surface area (Å²) in [6.07, 6.45) is 7.44. The van der Waals surface area contributed by atoms with Gasteiger partial charge in [-0.15, -0.1) is 0 Å². The average molecular weight is 820 g/mol. The number of hydrogen-bond acceptors (Lipinski definition) is 12. The third-order valence-electron chi connectivity index (χ3n) is 12.0. The number of piperidine rings is 1. The fourth-order valence-corrected chi connectivity index (χ4v) is 10.9. The second-order valence-corrected chi connectivity index (χ2v) is 17.0. The molecule has 0 amide bonds. The molecule has 6 aliphatic rings. The molecular weight excluding hydrogens is 777 g/mol. The first-order chi connectivity index (χ1) is 27.7. The van der Waals surface area contributed by atoms with Crippen molar-refractivity contribution in [1.82, 2.24) is 23.5 Å². The zero-order valence-electron chi connectivity index (χ0n) is 31.7. The molecule has 57 heavy (non-hydrogen) atoms. The summed E-state index contributed by atoms with van der Waals surface area (Å²) in [6, 6.07) is 5.16. The van der Waals surface area contributed by atoms with E-state index >= 15 is 8.78 Å². The number of nitrogens with one attached hydrogen (secondary N) is 3. The van der Waals surface area contributed by atoms with Gasteiger partial charge in [0.25, 0.3) is 5.56 Å². The highest BCUT2D eigenvalue weighted by molar-refractivity contribution is 7.98. The number of nitrogens with zero attached hydrogens (tertiary/aromatic N) is 4. The van der Waals surface area contributed by atoms with Gasteiger partial charge < -0.3 is 43.2 Å². The van der Waals surface area contributed by atoms with Gasteiger partial charge in [-0.1, -0.05) is 6.08 Å². The number of aromatic amines is 1. The number of ether oxygens (including phenoxy) is 3. The third-order valence-corrected chi connectivity index (χ3v) is 13.8. The first-order valence-electron chi connectivity index (χ1n) is 19.7. The van der Waals surface area contributed by atoms with Crippen molar-refractivity contribution in [2.24, 2.45) is 0 Å². The summed E-state index contributed by atoms with van der Waals surface area (Å²) in [5, 5.41) is 4.97. The molecule has 1 spiro atoms. The molecule has 7 heterocycles. The molecule has 4 aliphatic heterocycles. The number of rotatable bonds is 5. The quantitative estimate of drug-likeness (QED) is 0.192. The SMILES string of the molecule is C/C=C1/NSc2c1c(=O)c1cc(F)c(N3CCC4(CC3)OCCO4)cc1n2C1CC1.COc1c(N2CCNCC2)c(F)cc2c(=O)c3c(=O)[nH]sc3n(C3CC3)c12. The van der Waals surface area contributed by atoms with Crippen molar-refractivity contribution >= 4 is 72.6 Å². The highest BCUT2D eigenvalue weighted by atomic mass is 32.2. The minimum absolute atomic E-state index is 0.0988. The van der Waals surface area contributed by atoms with Gasteiger partial charge in [0.05, 0.1) is 53.7 Å². The van der Waals surface area contributed by atoms with E-state index in [9.17, 15) is 14.4 Å². The Morgan fingerprint density at radius 3 is 2.23 bits per heavy atom. The zero-order chi connectivity index (χ0) is 39.2. The number of hydrogen-bond donors (Lipinski definition) is 3. The summed E-state index contributed by atoms with van der Waals surface area (Å²) in [5.74, 6) is -0.955. The van der Waals surface area contributed by atoms with Crippen LogP contribution in [0.1, 0.15) is 63.1 Å². The van der Waals surface area contributed by atoms with E-state index in [0.29, 0.717) is 96.7 Å². The maximum absolute atomic E-state index is 15.2. The van der Waals surface area contributed by atoms with Crippen LogP contribution in [0.15, 0.2) is 43.7 Å². The molecule has 0 unspecified atom stereocenters. The Labute approximate surface area is 333 Å². The van der Waals surface area contributed by atoms with E-state index in [1.54, 1.807) is 0 Å². The van der Waals surface area contributed by atoms with Crippen molar-refractivity contribution in [2.75, 3.05) is 69.4 Å². The lowest BCUT2D eigenvalue weighted by molar-refractivity contribution is -0.169. The molecule has 0 radical (unpaired) electrons. The normalized spacial score (nSPS) is 21.1. The Morgan fingerprint density at radius 2 is 1.56 bits per heavy atom. The number of pyridine rings is 2. The molecular formula is C40H43F2N7O6S2. The minimum atomic E-state index is -0.494. The number of halogens is 2. The number of fused-ring (bicyclic) bond motifs is 4. The van der Waals surface area contributed by atoms with Crippen molar-refractivity contribution < 1.29 is 23.0 Å². The molecule has 5 aromatic rings. The van der Waals surface area contributed by atoms with Crippen LogP contribution < -0.4 is 41.0 Å². The average Bonchev–Trinajstić information content (AvgIpc) is 4.13. The lowest BCUT2D eigenvalue weighted by Crippen LogP contribution is -2.45. The second kappa shape index (κ2) is 14.1. The fraction of sp³-hybridized carbons (Fsp3) is 0.475. The molecule has 5 fully saturated rings. The molecule has 2 aliphatic carbocycles. The molecule has 17 heteroatoms. The van der Waals surface area contributed by atoms with Crippen LogP contribution in [-0.2, 0) is 9.47 Å². The number of anilines is 2. The summed E-state index contributed by atoms with van der Waals surface area (Å²) in [5.41, 5.74) is 2.90. The molecule has 2 saturated carbocycles. The van der Waals surface area contributed by atoms with Gasteiger partial charge in [-0.05, 0) is 62.3 Å². The Balaban J connectivity index is 0.000000140. The van der Waals surface area contributed by atoms with E-state index in [2.05, 4.69) is 23.9 Å². The van der Waals surface area contributed by atoms with Crippen LogP contribution in [0.3, 0.4) is 0 Å². The van der Waals surface area contributed by atoms with Crippen LogP contribution in [0.25, 0.3) is 37.7 Å². The summed E-state index contributed by atoms with van der Waals surface area (Å²) in [7, 11) is 1.51. The number of piperazine rings is 1. The largest absolute Gasteiger partial charge is 0.492 e. The second-order valence-electron chi connectivity index (χ2n) is 15.4. The van der Waals surface area contributed by atoms with Gasteiger partial charge in [-0.3, -0.25) is 18.8 Å². The van der Waals surface area contributed by atoms with Crippen molar-refractivity contribution in [3.63, 3.8) is 0 Å². The standard InChI is InChI=1S/C22H24FN3O3S.C18H19FN4O3S/c1-2-16-19-20(27)14-11-15(23)18(25-7-5-22(6-8-25)28-9-10-29-22)12-17(14)26(13-3-4-13)21(19)30-24-16;1-26-16-13-10(8-11(19)14(16)22-6-4-20-5-7-22)15(24)12-17(25)21-27-18(12)23(13)9-2-3-9/h2,11-13,24H,3-10H2,1H3;8-9,20H,2-7H2,1H3,(H,21,25)/b16-2+;. The van der Waals surface area contributed by atoms with Gasteiger partial charge in [0.2, 0.25) is 5.43 Å². The van der Waals surface area contributed by atoms with Gasteiger partial charge in [-0.2, -0.15) is 0 Å². The van der Waals surface area contributed by atoms with Crippen LogP contribution >= 0.6 is 23.5 Å². The molecule has 3 N–H and O–H groups in total. The summed E-state index contributed by atoms with van der Waals surface area (Å²) in [4.78, 5) is 43.1. The van der Waals surface area contributed by atoms with E-state index < -0.39 is 22.6 Å². The number of aromatic nitrogens is 3. The summed E-state index contributed by atoms with van der Waals surface area (Å²) >= 11 is 2.64. The number of benzene rings is 2. The monoisotopic (exact) mass is 819 g/mol. The van der Waals surface area contributed by atoms with Crippen LogP contribution in [0, 0.1) is 11.6 Å². The van der Waals surface area contributed by atoms with Crippen molar-refractivity contribution in [1.29, 1.82) is 0 Å². The van der Waals surface area contributed by atoms with Crippen LogP contribution in [-0.4, -0.2) is 78.9 Å². The Kier molecular flexibility index (Phi) is 9.16. The lowest BCUT2D eigenvalue weighted by atomic mass is 10.0. The molecule has 11 rings (SSSR count). The third kappa shape index (κ3) is 6.07. The van der Waals surface area contributed by atoms with Crippen molar-refractivity contribution in [3.05, 3.63) is 72.3 Å². The maximum Gasteiger partial charge on any atom is 0.271 e. The molecule has 0 bridgehead atoms. The van der Waals surface area contributed by atoms with Gasteiger partial charge in [0.1, 0.15) is 26.7 Å². The lowest BCUT2D eigenvalue weighted by Gasteiger charge is -2.38.